The van der Waals surface area contributed by atoms with E-state index in [-0.39, 0.29) is 0 Å². The van der Waals surface area contributed by atoms with Crippen molar-refractivity contribution < 1.29 is 13.2 Å². The van der Waals surface area contributed by atoms with Crippen molar-refractivity contribution in [2.45, 2.75) is 12.6 Å². The molecule has 5 nitrogen and oxygen atoms in total. The Morgan fingerprint density at radius 2 is 1.79 bits per heavy atom. The van der Waals surface area contributed by atoms with Gasteiger partial charge in [-0.25, -0.2) is 4.98 Å². The Morgan fingerprint density at radius 1 is 1.03 bits per heavy atom. The first-order valence-corrected chi connectivity index (χ1v) is 10.2. The summed E-state index contributed by atoms with van der Waals surface area (Å²) >= 11 is 0. The van der Waals surface area contributed by atoms with Crippen molar-refractivity contribution in [2.24, 2.45) is 10.7 Å². The number of hydrogen-bond donors (Lipinski definition) is 2. The number of nitrogens with one attached hydrogen (secondary N) is 1. The van der Waals surface area contributed by atoms with E-state index in [2.05, 4.69) is 28.5 Å². The van der Waals surface area contributed by atoms with Crippen LogP contribution in [-0.4, -0.2) is 17.7 Å². The van der Waals surface area contributed by atoms with E-state index in [9.17, 15) is 13.2 Å². The maximum Gasteiger partial charge on any atom is 0.416 e. The summed E-state index contributed by atoms with van der Waals surface area (Å²) in [7, 11) is 0. The Labute approximate surface area is 189 Å². The van der Waals surface area contributed by atoms with Gasteiger partial charge in [-0.2, -0.15) is 13.2 Å². The number of anilines is 2. The van der Waals surface area contributed by atoms with Gasteiger partial charge in [0.2, 0.25) is 0 Å². The minimum absolute atomic E-state index is 0.372. The van der Waals surface area contributed by atoms with E-state index in [0.717, 1.165) is 23.4 Å². The number of nitrogens with zero attached hydrogens (tertiary/aromatic N) is 3. The Morgan fingerprint density at radius 3 is 2.48 bits per heavy atom. The first-order valence-electron chi connectivity index (χ1n) is 10.2. The van der Waals surface area contributed by atoms with Crippen LogP contribution >= 0.6 is 0 Å². The molecule has 0 aliphatic carbocycles. The Balaban J connectivity index is 1.65. The minimum Gasteiger partial charge on any atom is -0.399 e. The molecule has 2 heterocycles. The molecule has 0 bridgehead atoms. The second-order valence-corrected chi connectivity index (χ2v) is 7.54. The molecule has 168 valence electrons. The fraction of sp³-hybridized carbons (Fsp3) is 0.120. The van der Waals surface area contributed by atoms with E-state index >= 15 is 0 Å². The number of halogens is 3. The molecule has 0 atom stereocenters. The molecular formula is C25H22F3N5. The molecule has 2 aromatic carbocycles. The molecule has 0 amide bonds. The molecule has 4 rings (SSSR count). The summed E-state index contributed by atoms with van der Waals surface area (Å²) in [6.45, 7) is 8.43. The van der Waals surface area contributed by atoms with Crippen molar-refractivity contribution in [3.63, 3.8) is 0 Å². The van der Waals surface area contributed by atoms with Crippen LogP contribution in [0.25, 0.3) is 17.0 Å². The largest absolute Gasteiger partial charge is 0.416 e. The quantitative estimate of drug-likeness (QED) is 0.487. The van der Waals surface area contributed by atoms with Gasteiger partial charge in [0.05, 0.1) is 11.3 Å². The Kier molecular flexibility index (Phi) is 5.91. The molecule has 1 aliphatic heterocycles. The highest BCUT2D eigenvalue weighted by atomic mass is 19.4. The Hall–Kier alpha value is -4.07. The summed E-state index contributed by atoms with van der Waals surface area (Å²) < 4.78 is 39.5. The zero-order valence-electron chi connectivity index (χ0n) is 17.7. The average Bonchev–Trinajstić information content (AvgIpc) is 3.01. The van der Waals surface area contributed by atoms with Crippen LogP contribution in [0.2, 0.25) is 0 Å². The van der Waals surface area contributed by atoms with Crippen LogP contribution in [-0.2, 0) is 6.18 Å². The molecule has 3 N–H and O–H groups in total. The van der Waals surface area contributed by atoms with Crippen molar-refractivity contribution in [2.75, 3.05) is 16.8 Å². The summed E-state index contributed by atoms with van der Waals surface area (Å²) in [6.07, 6.45) is -1.98. The molecule has 0 unspecified atom stereocenters. The first kappa shape index (κ1) is 22.1. The SMILES string of the molecule is C=C(N)c1ccc(NC(=C)N2CCC=Nc3ccc(-c4cccc(C(F)(F)F)c4)nc32)cc1. The minimum atomic E-state index is -4.43. The van der Waals surface area contributed by atoms with Gasteiger partial charge in [0.25, 0.3) is 0 Å². The molecule has 0 spiro atoms. The molecule has 0 radical (unpaired) electrons. The highest BCUT2D eigenvalue weighted by Gasteiger charge is 2.30. The van der Waals surface area contributed by atoms with E-state index < -0.39 is 11.7 Å². The summed E-state index contributed by atoms with van der Waals surface area (Å²) in [6, 6.07) is 16.0. The number of hydrogen-bond acceptors (Lipinski definition) is 5. The summed E-state index contributed by atoms with van der Waals surface area (Å²) in [4.78, 5) is 11.0. The Bertz CT molecular complexity index is 1230. The van der Waals surface area contributed by atoms with Crippen LogP contribution in [0.1, 0.15) is 17.5 Å². The predicted molar refractivity (Wildman–Crippen MR) is 127 cm³/mol. The van der Waals surface area contributed by atoms with Gasteiger partial charge in [-0.15, -0.1) is 0 Å². The lowest BCUT2D eigenvalue weighted by molar-refractivity contribution is -0.137. The number of fused-ring (bicyclic) bond motifs is 1. The number of benzene rings is 2. The number of aromatic nitrogens is 1. The van der Waals surface area contributed by atoms with Gasteiger partial charge in [0.15, 0.2) is 5.82 Å². The van der Waals surface area contributed by atoms with Gasteiger partial charge in [-0.05, 0) is 42.0 Å². The van der Waals surface area contributed by atoms with Gasteiger partial charge < -0.3 is 16.0 Å². The molecular weight excluding hydrogens is 427 g/mol. The maximum absolute atomic E-state index is 13.2. The van der Waals surface area contributed by atoms with Gasteiger partial charge in [-0.1, -0.05) is 37.4 Å². The first-order chi connectivity index (χ1) is 15.7. The van der Waals surface area contributed by atoms with Crippen molar-refractivity contribution in [1.29, 1.82) is 0 Å². The number of rotatable bonds is 5. The number of alkyl halides is 3. The lowest BCUT2D eigenvalue weighted by atomic mass is 10.1. The van der Waals surface area contributed by atoms with Gasteiger partial charge in [0, 0.05) is 36.1 Å². The molecule has 0 fully saturated rings. The topological polar surface area (TPSA) is 66.5 Å². The summed E-state index contributed by atoms with van der Waals surface area (Å²) in [5.74, 6) is 1.08. The maximum atomic E-state index is 13.2. The third-order valence-corrected chi connectivity index (χ3v) is 5.18. The molecule has 8 heteroatoms. The van der Waals surface area contributed by atoms with Crippen molar-refractivity contribution in [1.82, 2.24) is 4.98 Å². The monoisotopic (exact) mass is 449 g/mol. The van der Waals surface area contributed by atoms with Crippen LogP contribution in [0, 0.1) is 0 Å². The van der Waals surface area contributed by atoms with Crippen LogP contribution in [0.5, 0.6) is 0 Å². The molecule has 1 aliphatic rings. The normalized spacial score (nSPS) is 13.2. The van der Waals surface area contributed by atoms with Gasteiger partial charge >= 0.3 is 6.18 Å². The zero-order chi connectivity index (χ0) is 23.6. The fourth-order valence-electron chi connectivity index (χ4n) is 3.48. The van der Waals surface area contributed by atoms with E-state index in [4.69, 9.17) is 5.73 Å². The van der Waals surface area contributed by atoms with Crippen LogP contribution in [0.4, 0.5) is 30.4 Å². The molecule has 0 saturated heterocycles. The molecule has 1 aromatic heterocycles. The fourth-order valence-corrected chi connectivity index (χ4v) is 3.48. The highest BCUT2D eigenvalue weighted by molar-refractivity contribution is 5.78. The standard InChI is InChI=1S/C25H22F3N5/c1-16(29)18-7-9-21(10-8-18)31-17(2)33-14-4-13-30-23-12-11-22(32-24(23)33)19-5-3-6-20(15-19)25(26,27)28/h3,5-13,15,31H,1-2,4,14,29H2. The lowest BCUT2D eigenvalue weighted by Gasteiger charge is -2.26. The van der Waals surface area contributed by atoms with E-state index in [0.29, 0.717) is 47.2 Å². The van der Waals surface area contributed by atoms with Crippen molar-refractivity contribution in [3.05, 3.63) is 90.8 Å². The smallest absolute Gasteiger partial charge is 0.399 e. The van der Waals surface area contributed by atoms with Crippen molar-refractivity contribution in [3.8, 4) is 11.3 Å². The molecule has 33 heavy (non-hydrogen) atoms. The molecule has 0 saturated carbocycles. The third kappa shape index (κ3) is 4.90. The van der Waals surface area contributed by atoms with Crippen LogP contribution in [0.3, 0.4) is 0 Å². The van der Waals surface area contributed by atoms with E-state index in [1.165, 1.54) is 6.07 Å². The molecule has 3 aromatic rings. The van der Waals surface area contributed by atoms with Gasteiger partial charge in [-0.3, -0.25) is 4.99 Å². The van der Waals surface area contributed by atoms with Crippen LogP contribution in [0.15, 0.2) is 84.6 Å². The summed E-state index contributed by atoms with van der Waals surface area (Å²) in [5.41, 5.74) is 8.50. The van der Waals surface area contributed by atoms with E-state index in [1.807, 2.05) is 29.2 Å². The van der Waals surface area contributed by atoms with Crippen LogP contribution < -0.4 is 16.0 Å². The number of nitrogens with two attached hydrogens (primary N) is 1. The van der Waals surface area contributed by atoms with E-state index in [1.54, 1.807) is 24.4 Å². The number of aliphatic imine (C=N–C) groups is 1. The summed E-state index contributed by atoms with van der Waals surface area (Å²) in [5, 5.41) is 3.25. The third-order valence-electron chi connectivity index (χ3n) is 5.18. The second kappa shape index (κ2) is 8.82. The zero-order valence-corrected chi connectivity index (χ0v) is 17.7. The lowest BCUT2D eigenvalue weighted by Crippen LogP contribution is -2.28. The number of pyridine rings is 1. The van der Waals surface area contributed by atoms with Gasteiger partial charge in [0.1, 0.15) is 11.5 Å². The second-order valence-electron chi connectivity index (χ2n) is 7.54. The predicted octanol–water partition coefficient (Wildman–Crippen LogP) is 6.19. The average molecular weight is 449 g/mol. The highest BCUT2D eigenvalue weighted by Crippen LogP contribution is 2.36. The van der Waals surface area contributed by atoms with Crippen molar-refractivity contribution >= 4 is 29.1 Å².